The van der Waals surface area contributed by atoms with Crippen LogP contribution >= 0.6 is 11.3 Å². The average molecular weight is 417 g/mol. The molecule has 0 bridgehead atoms. The van der Waals surface area contributed by atoms with E-state index in [1.54, 1.807) is 11.3 Å². The number of fused-ring (bicyclic) bond motifs is 1. The highest BCUT2D eigenvalue weighted by Gasteiger charge is 2.38. The summed E-state index contributed by atoms with van der Waals surface area (Å²) in [7, 11) is 0. The van der Waals surface area contributed by atoms with Crippen LogP contribution in [0.5, 0.6) is 0 Å². The highest BCUT2D eigenvalue weighted by Crippen LogP contribution is 2.32. The fraction of sp³-hybridized carbons (Fsp3) is 0.556. The van der Waals surface area contributed by atoms with Gasteiger partial charge in [0.05, 0.1) is 12.3 Å². The van der Waals surface area contributed by atoms with Crippen molar-refractivity contribution in [1.82, 2.24) is 15.1 Å². The van der Waals surface area contributed by atoms with E-state index in [4.69, 9.17) is 19.7 Å². The summed E-state index contributed by atoms with van der Waals surface area (Å²) in [6.45, 7) is 3.64. The van der Waals surface area contributed by atoms with E-state index < -0.39 is 12.1 Å². The smallest absolute Gasteiger partial charge is 0.475 e. The number of carboxylic acids is 1. The van der Waals surface area contributed by atoms with Gasteiger partial charge in [0, 0.05) is 25.8 Å². The first-order valence-electron chi connectivity index (χ1n) is 9.02. The largest absolute Gasteiger partial charge is 0.490 e. The number of aromatic nitrogens is 2. The van der Waals surface area contributed by atoms with Crippen molar-refractivity contribution in [3.63, 3.8) is 0 Å². The van der Waals surface area contributed by atoms with Gasteiger partial charge < -0.3 is 15.2 Å². The Morgan fingerprint density at radius 3 is 2.79 bits per heavy atom. The second-order valence-corrected chi connectivity index (χ2v) is 7.66. The molecule has 28 heavy (non-hydrogen) atoms. The van der Waals surface area contributed by atoms with Gasteiger partial charge in [-0.25, -0.2) is 4.79 Å². The first kappa shape index (κ1) is 20.8. The number of aliphatic carboxylic acids is 1. The zero-order chi connectivity index (χ0) is 20.1. The fourth-order valence-electron chi connectivity index (χ4n) is 2.89. The molecule has 1 atom stereocenters. The van der Waals surface area contributed by atoms with Gasteiger partial charge in [0.1, 0.15) is 6.10 Å². The Bertz CT molecular complexity index is 773. The number of carbonyl (C=O) groups is 1. The molecule has 0 radical (unpaired) electrons. The third-order valence-electron chi connectivity index (χ3n) is 4.49. The van der Waals surface area contributed by atoms with Crippen molar-refractivity contribution < 1.29 is 27.8 Å². The maximum atomic E-state index is 10.6. The number of rotatable bonds is 6. The van der Waals surface area contributed by atoms with Crippen LogP contribution in [0, 0.1) is 5.92 Å². The zero-order valence-corrected chi connectivity index (χ0v) is 15.9. The Labute approximate surface area is 164 Å². The summed E-state index contributed by atoms with van der Waals surface area (Å²) in [6.07, 6.45) is 0.996. The van der Waals surface area contributed by atoms with Crippen molar-refractivity contribution >= 4 is 17.3 Å². The quantitative estimate of drug-likeness (QED) is 0.754. The first-order valence-corrected chi connectivity index (χ1v) is 9.97. The van der Waals surface area contributed by atoms with Crippen molar-refractivity contribution in [3.05, 3.63) is 39.8 Å². The van der Waals surface area contributed by atoms with Crippen molar-refractivity contribution in [2.75, 3.05) is 13.2 Å². The lowest BCUT2D eigenvalue weighted by Gasteiger charge is -2.22. The van der Waals surface area contributed by atoms with Gasteiger partial charge in [-0.1, -0.05) is 0 Å². The number of carboxylic acid groups (broad SMARTS) is 1. The minimum absolute atomic E-state index is 0.104. The minimum atomic E-state index is -5.08. The molecule has 1 aliphatic carbocycles. The zero-order valence-electron chi connectivity index (χ0n) is 15.1. The first-order chi connectivity index (χ1) is 13.3. The van der Waals surface area contributed by atoms with Gasteiger partial charge in [-0.05, 0) is 53.1 Å². The Kier molecular flexibility index (Phi) is 6.73. The molecule has 1 unspecified atom stereocenters. The lowest BCUT2D eigenvalue weighted by molar-refractivity contribution is -0.192. The summed E-state index contributed by atoms with van der Waals surface area (Å²) in [4.78, 5) is 8.90. The summed E-state index contributed by atoms with van der Waals surface area (Å²) in [5.41, 5.74) is 3.87. The van der Waals surface area contributed by atoms with Crippen LogP contribution in [-0.4, -0.2) is 40.2 Å². The van der Waals surface area contributed by atoms with Crippen molar-refractivity contribution in [1.29, 1.82) is 0 Å². The van der Waals surface area contributed by atoms with E-state index in [1.807, 2.05) is 0 Å². The molecule has 2 N–H and O–H groups in total. The summed E-state index contributed by atoms with van der Waals surface area (Å²) < 4.78 is 39.8. The van der Waals surface area contributed by atoms with Crippen LogP contribution < -0.4 is 5.32 Å². The summed E-state index contributed by atoms with van der Waals surface area (Å²) >= 11 is 1.74. The second-order valence-electron chi connectivity index (χ2n) is 6.88. The summed E-state index contributed by atoms with van der Waals surface area (Å²) in [5.74, 6) is -1.89. The van der Waals surface area contributed by atoms with E-state index in [2.05, 4.69) is 33.0 Å². The van der Waals surface area contributed by atoms with E-state index in [9.17, 15) is 13.2 Å². The topological polar surface area (TPSA) is 76.4 Å². The van der Waals surface area contributed by atoms with Gasteiger partial charge in [-0.2, -0.15) is 29.6 Å². The van der Waals surface area contributed by atoms with E-state index >= 15 is 0 Å². The molecule has 3 heterocycles. The van der Waals surface area contributed by atoms with Crippen LogP contribution in [0.15, 0.2) is 23.0 Å². The molecule has 4 rings (SSSR count). The molecule has 0 spiro atoms. The van der Waals surface area contributed by atoms with E-state index in [1.165, 1.54) is 24.0 Å². The molecule has 6 nitrogen and oxygen atoms in total. The molecule has 0 saturated heterocycles. The lowest BCUT2D eigenvalue weighted by atomic mass is 10.1. The monoisotopic (exact) mass is 417 g/mol. The third-order valence-corrected chi connectivity index (χ3v) is 5.22. The molecule has 10 heteroatoms. The molecule has 0 amide bonds. The highest BCUT2D eigenvalue weighted by molar-refractivity contribution is 7.07. The lowest BCUT2D eigenvalue weighted by Crippen LogP contribution is -2.27. The van der Waals surface area contributed by atoms with Gasteiger partial charge in [0.2, 0.25) is 0 Å². The van der Waals surface area contributed by atoms with Crippen LogP contribution in [0.3, 0.4) is 0 Å². The fourth-order valence-corrected chi connectivity index (χ4v) is 3.55. The molecule has 154 valence electrons. The summed E-state index contributed by atoms with van der Waals surface area (Å²) in [5, 5.41) is 19.7. The van der Waals surface area contributed by atoms with Crippen molar-refractivity contribution in [3.8, 4) is 0 Å². The Morgan fingerprint density at radius 2 is 2.18 bits per heavy atom. The predicted octanol–water partition coefficient (Wildman–Crippen LogP) is 3.39. The molecule has 1 fully saturated rings. The maximum absolute atomic E-state index is 10.6. The molecule has 2 aliphatic rings. The molecule has 2 aromatic heterocycles. The van der Waals surface area contributed by atoms with Crippen LogP contribution in [0.4, 0.5) is 13.2 Å². The third kappa shape index (κ3) is 6.05. The standard InChI is InChI=1S/C16H21N3OS.C2HF3O2/c1-2-12(1)9-19-10-14-3-5-20-15(16(14)18-19)8-17-7-13-4-6-21-11-13;3-2(4,5)1(6)7/h4,6,10-12,15,17H,1-3,5,7-9H2;(H,6,7). The average Bonchev–Trinajstić information content (AvgIpc) is 3.12. The number of alkyl halides is 3. The molecular weight excluding hydrogens is 395 g/mol. The van der Waals surface area contributed by atoms with Gasteiger partial charge >= 0.3 is 12.1 Å². The number of nitrogens with zero attached hydrogens (tertiary/aromatic N) is 2. The number of thiophene rings is 1. The SMILES string of the molecule is O=C(O)C(F)(F)F.c1cc(CNCC2OCCc3cn(CC4CC4)nc32)cs1. The van der Waals surface area contributed by atoms with Gasteiger partial charge in [0.15, 0.2) is 0 Å². The number of nitrogens with one attached hydrogen (secondary N) is 1. The Hall–Kier alpha value is -1.91. The number of hydrogen-bond acceptors (Lipinski definition) is 5. The van der Waals surface area contributed by atoms with Crippen LogP contribution in [0.25, 0.3) is 0 Å². The second kappa shape index (κ2) is 9.06. The number of hydrogen-bond donors (Lipinski definition) is 2. The van der Waals surface area contributed by atoms with E-state index in [0.717, 1.165) is 44.3 Å². The van der Waals surface area contributed by atoms with Gasteiger partial charge in [-0.15, -0.1) is 0 Å². The number of halogens is 3. The van der Waals surface area contributed by atoms with E-state index in [-0.39, 0.29) is 6.10 Å². The predicted molar refractivity (Wildman–Crippen MR) is 97.1 cm³/mol. The maximum Gasteiger partial charge on any atom is 0.490 e. The van der Waals surface area contributed by atoms with Crippen molar-refractivity contribution in [2.45, 2.75) is 44.6 Å². The Balaban J connectivity index is 0.000000279. The van der Waals surface area contributed by atoms with Crippen molar-refractivity contribution in [2.24, 2.45) is 5.92 Å². The molecule has 1 saturated carbocycles. The number of ether oxygens (including phenoxy) is 1. The van der Waals surface area contributed by atoms with Crippen LogP contribution in [0.1, 0.15) is 35.8 Å². The van der Waals surface area contributed by atoms with Gasteiger partial charge in [0.25, 0.3) is 0 Å². The van der Waals surface area contributed by atoms with Crippen LogP contribution in [0.2, 0.25) is 0 Å². The highest BCUT2D eigenvalue weighted by atomic mass is 32.1. The van der Waals surface area contributed by atoms with Crippen LogP contribution in [-0.2, 0) is 29.0 Å². The Morgan fingerprint density at radius 1 is 1.43 bits per heavy atom. The molecule has 0 aromatic carbocycles. The summed E-state index contributed by atoms with van der Waals surface area (Å²) in [6, 6.07) is 2.16. The molecule has 2 aromatic rings. The molecule has 1 aliphatic heterocycles. The van der Waals surface area contributed by atoms with Gasteiger partial charge in [-0.3, -0.25) is 4.68 Å². The minimum Gasteiger partial charge on any atom is -0.475 e. The molecular formula is C18H22F3N3O3S. The normalized spacial score (nSPS) is 18.9. The van der Waals surface area contributed by atoms with E-state index in [0.29, 0.717) is 0 Å².